The van der Waals surface area contributed by atoms with Crippen LogP contribution in [0.5, 0.6) is 0 Å². The van der Waals surface area contributed by atoms with Crippen molar-refractivity contribution in [1.82, 2.24) is 14.5 Å². The van der Waals surface area contributed by atoms with Crippen LogP contribution in [0.25, 0.3) is 11.4 Å². The minimum atomic E-state index is -0.0570. The minimum Gasteiger partial charge on any atom is -0.394 e. The van der Waals surface area contributed by atoms with E-state index in [1.54, 1.807) is 6.20 Å². The van der Waals surface area contributed by atoms with Crippen molar-refractivity contribution in [2.75, 3.05) is 25.6 Å². The number of nitrogens with zero attached hydrogens (tertiary/aromatic N) is 4. The number of aromatic nitrogens is 3. The Morgan fingerprint density at radius 3 is 2.50 bits per heavy atom. The van der Waals surface area contributed by atoms with Gasteiger partial charge in [-0.05, 0) is 24.1 Å². The summed E-state index contributed by atoms with van der Waals surface area (Å²) in [4.78, 5) is 10.9. The van der Waals surface area contributed by atoms with Gasteiger partial charge in [0, 0.05) is 38.2 Å². The third-order valence-corrected chi connectivity index (χ3v) is 4.05. The molecule has 0 radical (unpaired) electrons. The van der Waals surface area contributed by atoms with Crippen LogP contribution < -0.4 is 4.90 Å². The molecule has 0 saturated heterocycles. The summed E-state index contributed by atoms with van der Waals surface area (Å²) in [5, 5.41) is 9.88. The molecule has 1 aromatic carbocycles. The quantitative estimate of drug-likeness (QED) is 0.758. The molecular formula is C19H22N4O. The zero-order valence-electron chi connectivity index (χ0n) is 14.0. The molecular weight excluding hydrogens is 300 g/mol. The predicted molar refractivity (Wildman–Crippen MR) is 96.1 cm³/mol. The van der Waals surface area contributed by atoms with E-state index in [9.17, 15) is 5.11 Å². The number of benzene rings is 1. The summed E-state index contributed by atoms with van der Waals surface area (Å²) in [5.74, 6) is 1.72. The van der Waals surface area contributed by atoms with Gasteiger partial charge in [0.15, 0.2) is 0 Å². The van der Waals surface area contributed by atoms with Gasteiger partial charge in [-0.2, -0.15) is 0 Å². The third kappa shape index (κ3) is 3.46. The summed E-state index contributed by atoms with van der Waals surface area (Å²) >= 11 is 0. The number of hydrogen-bond acceptors (Lipinski definition) is 4. The Morgan fingerprint density at radius 2 is 1.88 bits per heavy atom. The Hall–Kier alpha value is -2.66. The maximum Gasteiger partial charge on any atom is 0.141 e. The van der Waals surface area contributed by atoms with E-state index >= 15 is 0 Å². The monoisotopic (exact) mass is 322 g/mol. The average Bonchev–Trinajstić information content (AvgIpc) is 3.10. The number of rotatable bonds is 6. The summed E-state index contributed by atoms with van der Waals surface area (Å²) in [5.41, 5.74) is 2.13. The normalized spacial score (nSPS) is 12.1. The molecule has 0 saturated carbocycles. The van der Waals surface area contributed by atoms with Crippen LogP contribution in [-0.4, -0.2) is 40.3 Å². The van der Waals surface area contributed by atoms with Crippen molar-refractivity contribution < 1.29 is 5.11 Å². The van der Waals surface area contributed by atoms with Gasteiger partial charge in [0.1, 0.15) is 11.6 Å². The molecule has 0 amide bonds. The molecule has 1 atom stereocenters. The largest absolute Gasteiger partial charge is 0.394 e. The van der Waals surface area contributed by atoms with Gasteiger partial charge >= 0.3 is 0 Å². The average molecular weight is 322 g/mol. The molecule has 5 heteroatoms. The maximum atomic E-state index is 9.88. The fraction of sp³-hybridized carbons (Fsp3) is 0.263. The van der Waals surface area contributed by atoms with Crippen molar-refractivity contribution in [2.45, 2.75) is 12.5 Å². The smallest absolute Gasteiger partial charge is 0.141 e. The highest BCUT2D eigenvalue weighted by atomic mass is 16.3. The van der Waals surface area contributed by atoms with Crippen LogP contribution in [0.3, 0.4) is 0 Å². The molecule has 0 unspecified atom stereocenters. The highest BCUT2D eigenvalue weighted by Crippen LogP contribution is 2.24. The lowest BCUT2D eigenvalue weighted by molar-refractivity contribution is 0.228. The van der Waals surface area contributed by atoms with Gasteiger partial charge in [-0.15, -0.1) is 0 Å². The molecule has 3 rings (SSSR count). The summed E-state index contributed by atoms with van der Waals surface area (Å²) in [6, 6.07) is 14.1. The summed E-state index contributed by atoms with van der Waals surface area (Å²) < 4.78 is 2.03. The lowest BCUT2D eigenvalue weighted by atomic mass is 10.1. The Balaban J connectivity index is 1.88. The van der Waals surface area contributed by atoms with Gasteiger partial charge in [0.25, 0.3) is 0 Å². The van der Waals surface area contributed by atoms with Crippen LogP contribution in [-0.2, 0) is 6.42 Å². The second kappa shape index (κ2) is 7.27. The van der Waals surface area contributed by atoms with E-state index in [0.29, 0.717) is 0 Å². The van der Waals surface area contributed by atoms with E-state index in [4.69, 9.17) is 0 Å². The second-order valence-electron chi connectivity index (χ2n) is 5.98. The van der Waals surface area contributed by atoms with E-state index < -0.39 is 0 Å². The SMILES string of the molecule is CN(C)c1ccc(-c2nccn2[C@@H](CO)Cc2ccccc2)cn1. The number of aliphatic hydroxyl groups excluding tert-OH is 1. The zero-order chi connectivity index (χ0) is 16.9. The van der Waals surface area contributed by atoms with Crippen molar-refractivity contribution >= 4 is 5.82 Å². The van der Waals surface area contributed by atoms with Crippen molar-refractivity contribution in [3.63, 3.8) is 0 Å². The Kier molecular flexibility index (Phi) is 4.91. The Morgan fingerprint density at radius 1 is 1.08 bits per heavy atom. The third-order valence-electron chi connectivity index (χ3n) is 4.05. The van der Waals surface area contributed by atoms with E-state index in [1.807, 2.05) is 66.3 Å². The van der Waals surface area contributed by atoms with Crippen LogP contribution in [0.15, 0.2) is 61.1 Å². The van der Waals surface area contributed by atoms with Crippen molar-refractivity contribution in [1.29, 1.82) is 0 Å². The van der Waals surface area contributed by atoms with Gasteiger partial charge in [-0.25, -0.2) is 9.97 Å². The topological polar surface area (TPSA) is 54.2 Å². The highest BCUT2D eigenvalue weighted by molar-refractivity contribution is 5.57. The van der Waals surface area contributed by atoms with Gasteiger partial charge in [-0.3, -0.25) is 0 Å². The van der Waals surface area contributed by atoms with Crippen molar-refractivity contribution in [2.24, 2.45) is 0 Å². The first-order valence-corrected chi connectivity index (χ1v) is 8.00. The standard InChI is InChI=1S/C19H22N4O/c1-22(2)18-9-8-16(13-21-18)19-20-10-11-23(19)17(14-24)12-15-6-4-3-5-7-15/h3-11,13,17,24H,12,14H2,1-2H3/t17-/m1/s1. The minimum absolute atomic E-state index is 0.0570. The molecule has 2 heterocycles. The van der Waals surface area contributed by atoms with Crippen LogP contribution >= 0.6 is 0 Å². The molecule has 0 bridgehead atoms. The molecule has 3 aromatic rings. The summed E-state index contributed by atoms with van der Waals surface area (Å²) in [6.45, 7) is 0.0570. The molecule has 0 aliphatic heterocycles. The van der Waals surface area contributed by atoms with Crippen LogP contribution in [0.4, 0.5) is 5.82 Å². The molecule has 1 N–H and O–H groups in total. The van der Waals surface area contributed by atoms with Crippen molar-refractivity contribution in [3.8, 4) is 11.4 Å². The second-order valence-corrected chi connectivity index (χ2v) is 5.98. The van der Waals surface area contributed by atoms with Gasteiger partial charge in [0.05, 0.1) is 12.6 Å². The Bertz CT molecular complexity index is 766. The van der Waals surface area contributed by atoms with E-state index in [1.165, 1.54) is 5.56 Å². The molecule has 2 aromatic heterocycles. The van der Waals surface area contributed by atoms with Crippen LogP contribution in [0.1, 0.15) is 11.6 Å². The van der Waals surface area contributed by atoms with Gasteiger partial charge in [-0.1, -0.05) is 30.3 Å². The maximum absolute atomic E-state index is 9.88. The molecule has 0 fully saturated rings. The van der Waals surface area contributed by atoms with Crippen molar-refractivity contribution in [3.05, 3.63) is 66.6 Å². The molecule has 0 aliphatic carbocycles. The first-order chi connectivity index (χ1) is 11.7. The lowest BCUT2D eigenvalue weighted by Crippen LogP contribution is -2.16. The highest BCUT2D eigenvalue weighted by Gasteiger charge is 2.16. The summed E-state index contributed by atoms with van der Waals surface area (Å²) in [7, 11) is 3.93. The van der Waals surface area contributed by atoms with Gasteiger partial charge in [0.2, 0.25) is 0 Å². The molecule has 0 aliphatic rings. The summed E-state index contributed by atoms with van der Waals surface area (Å²) in [6.07, 6.45) is 6.26. The van der Waals surface area contributed by atoms with E-state index in [0.717, 1.165) is 23.6 Å². The van der Waals surface area contributed by atoms with E-state index in [2.05, 4.69) is 22.1 Å². The zero-order valence-corrected chi connectivity index (χ0v) is 14.0. The Labute approximate surface area is 142 Å². The fourth-order valence-electron chi connectivity index (χ4n) is 2.75. The number of imidazole rings is 1. The molecule has 5 nitrogen and oxygen atoms in total. The number of aliphatic hydroxyl groups is 1. The lowest BCUT2D eigenvalue weighted by Gasteiger charge is -2.19. The van der Waals surface area contributed by atoms with Crippen LogP contribution in [0.2, 0.25) is 0 Å². The number of hydrogen-bond donors (Lipinski definition) is 1. The predicted octanol–water partition coefficient (Wildman–Crippen LogP) is 2.79. The van der Waals surface area contributed by atoms with Gasteiger partial charge < -0.3 is 14.6 Å². The number of pyridine rings is 1. The first-order valence-electron chi connectivity index (χ1n) is 8.00. The molecule has 0 spiro atoms. The van der Waals surface area contributed by atoms with E-state index in [-0.39, 0.29) is 12.6 Å². The number of anilines is 1. The molecule has 124 valence electrons. The molecule has 24 heavy (non-hydrogen) atoms. The fourth-order valence-corrected chi connectivity index (χ4v) is 2.75. The first kappa shape index (κ1) is 16.2. The van der Waals surface area contributed by atoms with Crippen LogP contribution in [0, 0.1) is 0 Å².